The topological polar surface area (TPSA) is 67.8 Å². The number of nitrogens with two attached hydrogens (primary N) is 1. The first-order valence-corrected chi connectivity index (χ1v) is 5.53. The summed E-state index contributed by atoms with van der Waals surface area (Å²) in [7, 11) is 0. The van der Waals surface area contributed by atoms with E-state index < -0.39 is 0 Å². The van der Waals surface area contributed by atoms with Gasteiger partial charge in [0, 0.05) is 27.7 Å². The summed E-state index contributed by atoms with van der Waals surface area (Å²) in [5, 5.41) is 4.99. The second-order valence-electron chi connectivity index (χ2n) is 3.48. The van der Waals surface area contributed by atoms with E-state index >= 15 is 0 Å². The summed E-state index contributed by atoms with van der Waals surface area (Å²) in [4.78, 5) is 3.19. The summed E-state index contributed by atoms with van der Waals surface area (Å²) in [5.74, 6) is 0.319. The number of aromatic nitrogens is 2. The zero-order valence-corrected chi connectivity index (χ0v) is 9.78. The Hall–Kier alpha value is -1.75. The Kier molecular flexibility index (Phi) is 2.00. The van der Waals surface area contributed by atoms with E-state index in [1.54, 1.807) is 6.07 Å². The van der Waals surface area contributed by atoms with Gasteiger partial charge in [0.05, 0.1) is 5.52 Å². The predicted octanol–water partition coefficient (Wildman–Crippen LogP) is 3.17. The lowest BCUT2D eigenvalue weighted by Gasteiger charge is -1.94. The van der Waals surface area contributed by atoms with Crippen molar-refractivity contribution in [2.75, 3.05) is 5.73 Å². The van der Waals surface area contributed by atoms with Gasteiger partial charge in [-0.15, -0.1) is 0 Å². The number of hydrogen-bond acceptors (Lipinski definition) is 3. The van der Waals surface area contributed by atoms with Crippen LogP contribution in [0.3, 0.4) is 0 Å². The molecule has 2 aromatic heterocycles. The number of para-hydroxylation sites is 1. The van der Waals surface area contributed by atoms with E-state index in [4.69, 9.17) is 10.3 Å². The quantitative estimate of drug-likeness (QED) is 0.718. The molecule has 0 aliphatic heterocycles. The molecule has 1 aromatic carbocycles. The molecule has 0 aliphatic rings. The van der Waals surface area contributed by atoms with Crippen molar-refractivity contribution < 1.29 is 4.52 Å². The minimum Gasteiger partial charge on any atom is -0.368 e. The van der Waals surface area contributed by atoms with E-state index in [1.165, 1.54) is 0 Å². The highest BCUT2D eigenvalue weighted by atomic mass is 79.9. The highest BCUT2D eigenvalue weighted by Crippen LogP contribution is 2.32. The monoisotopic (exact) mass is 277 g/mol. The van der Waals surface area contributed by atoms with Gasteiger partial charge in [-0.05, 0) is 22.0 Å². The van der Waals surface area contributed by atoms with Crippen LogP contribution in [0.1, 0.15) is 0 Å². The first-order chi connectivity index (χ1) is 7.75. The van der Waals surface area contributed by atoms with Crippen LogP contribution in [-0.2, 0) is 0 Å². The third-order valence-electron chi connectivity index (χ3n) is 2.47. The Bertz CT molecular complexity index is 656. The number of hydrogen-bond donors (Lipinski definition) is 2. The number of H-pyrrole nitrogens is 1. The molecule has 80 valence electrons. The molecule has 2 heterocycles. The Morgan fingerprint density at radius 2 is 2.25 bits per heavy atom. The van der Waals surface area contributed by atoms with E-state index in [9.17, 15) is 0 Å². The highest BCUT2D eigenvalue weighted by molar-refractivity contribution is 9.10. The third-order valence-corrected chi connectivity index (χ3v) is 3.13. The molecule has 4 nitrogen and oxygen atoms in total. The molecule has 0 fully saturated rings. The van der Waals surface area contributed by atoms with Gasteiger partial charge in [-0.25, -0.2) is 0 Å². The number of nitrogens with one attached hydrogen (secondary N) is 1. The molecule has 0 radical (unpaired) electrons. The molecule has 0 atom stereocenters. The first kappa shape index (κ1) is 9.47. The van der Waals surface area contributed by atoms with Gasteiger partial charge in [0.25, 0.3) is 0 Å². The van der Waals surface area contributed by atoms with Crippen LogP contribution in [-0.4, -0.2) is 10.1 Å². The van der Waals surface area contributed by atoms with Gasteiger partial charge in [-0.2, -0.15) is 0 Å². The Labute approximate surface area is 99.6 Å². The van der Waals surface area contributed by atoms with Gasteiger partial charge in [0.2, 0.25) is 5.88 Å². The summed E-state index contributed by atoms with van der Waals surface area (Å²) >= 11 is 3.49. The van der Waals surface area contributed by atoms with Crippen molar-refractivity contribution in [3.05, 3.63) is 34.9 Å². The van der Waals surface area contributed by atoms with Crippen LogP contribution in [0.4, 0.5) is 5.88 Å². The van der Waals surface area contributed by atoms with Crippen LogP contribution >= 0.6 is 15.9 Å². The molecule has 5 heteroatoms. The molecule has 3 rings (SSSR count). The third kappa shape index (κ3) is 1.32. The lowest BCUT2D eigenvalue weighted by atomic mass is 10.1. The van der Waals surface area contributed by atoms with E-state index in [0.29, 0.717) is 5.88 Å². The maximum atomic E-state index is 5.51. The maximum Gasteiger partial charge on any atom is 0.222 e. The summed E-state index contributed by atoms with van der Waals surface area (Å²) in [6.07, 6.45) is 1.90. The minimum absolute atomic E-state index is 0.319. The van der Waals surface area contributed by atoms with Gasteiger partial charge in [-0.1, -0.05) is 17.3 Å². The number of fused-ring (bicyclic) bond motifs is 1. The largest absolute Gasteiger partial charge is 0.368 e. The fourth-order valence-electron chi connectivity index (χ4n) is 1.75. The molecule has 0 amide bonds. The average molecular weight is 278 g/mol. The van der Waals surface area contributed by atoms with Crippen molar-refractivity contribution in [3.63, 3.8) is 0 Å². The molecule has 0 spiro atoms. The molecule has 0 aliphatic carbocycles. The number of halogens is 1. The van der Waals surface area contributed by atoms with Crippen LogP contribution in [0.2, 0.25) is 0 Å². The average Bonchev–Trinajstić information content (AvgIpc) is 2.84. The fraction of sp³-hybridized carbons (Fsp3) is 0. The molecule has 16 heavy (non-hydrogen) atoms. The lowest BCUT2D eigenvalue weighted by Crippen LogP contribution is -1.76. The second kappa shape index (κ2) is 3.38. The molecular formula is C11H8BrN3O. The first-order valence-electron chi connectivity index (χ1n) is 4.74. The number of benzene rings is 1. The Balaban J connectivity index is 2.29. The molecule has 3 N–H and O–H groups in total. The number of nitrogen functional groups attached to an aromatic ring is 1. The number of anilines is 1. The van der Waals surface area contributed by atoms with Crippen molar-refractivity contribution >= 4 is 32.7 Å². The summed E-state index contributed by atoms with van der Waals surface area (Å²) in [5.41, 5.74) is 8.27. The molecule has 0 saturated heterocycles. The van der Waals surface area contributed by atoms with Crippen LogP contribution in [0, 0.1) is 0 Å². The second-order valence-corrected chi connectivity index (χ2v) is 4.33. The van der Waals surface area contributed by atoms with Crippen molar-refractivity contribution in [3.8, 4) is 11.3 Å². The van der Waals surface area contributed by atoms with Gasteiger partial charge >= 0.3 is 0 Å². The van der Waals surface area contributed by atoms with Crippen molar-refractivity contribution in [1.82, 2.24) is 10.1 Å². The van der Waals surface area contributed by atoms with Crippen LogP contribution < -0.4 is 5.73 Å². The van der Waals surface area contributed by atoms with Crippen LogP contribution in [0.25, 0.3) is 22.2 Å². The Morgan fingerprint density at radius 1 is 1.38 bits per heavy atom. The molecule has 0 saturated carbocycles. The van der Waals surface area contributed by atoms with E-state index in [2.05, 4.69) is 26.1 Å². The van der Waals surface area contributed by atoms with Gasteiger partial charge in [-0.3, -0.25) is 0 Å². The van der Waals surface area contributed by atoms with Gasteiger partial charge in [0.1, 0.15) is 5.69 Å². The lowest BCUT2D eigenvalue weighted by molar-refractivity contribution is 0.439. The predicted molar refractivity (Wildman–Crippen MR) is 65.9 cm³/mol. The molecule has 0 unspecified atom stereocenters. The highest BCUT2D eigenvalue weighted by Gasteiger charge is 2.11. The normalized spacial score (nSPS) is 11.1. The summed E-state index contributed by atoms with van der Waals surface area (Å²) in [6.45, 7) is 0. The summed E-state index contributed by atoms with van der Waals surface area (Å²) < 4.78 is 5.89. The molecule has 3 aromatic rings. The van der Waals surface area contributed by atoms with Crippen LogP contribution in [0.5, 0.6) is 0 Å². The standard InChI is InChI=1S/C11H8BrN3O/c12-8-3-1-2-6-7(5-14-11(6)8)9-4-10(13)16-15-9/h1-5,14H,13H2. The smallest absolute Gasteiger partial charge is 0.222 e. The summed E-state index contributed by atoms with van der Waals surface area (Å²) in [6, 6.07) is 7.70. The number of nitrogens with zero attached hydrogens (tertiary/aromatic N) is 1. The molecule has 0 bridgehead atoms. The molecular weight excluding hydrogens is 270 g/mol. The van der Waals surface area contributed by atoms with E-state index in [0.717, 1.165) is 26.6 Å². The Morgan fingerprint density at radius 3 is 3.00 bits per heavy atom. The SMILES string of the molecule is Nc1cc(-c2c[nH]c3c(Br)cccc23)no1. The van der Waals surface area contributed by atoms with Crippen molar-refractivity contribution in [2.24, 2.45) is 0 Å². The number of rotatable bonds is 1. The minimum atomic E-state index is 0.319. The van der Waals surface area contributed by atoms with E-state index in [-0.39, 0.29) is 0 Å². The maximum absolute atomic E-state index is 5.51. The van der Waals surface area contributed by atoms with Crippen molar-refractivity contribution in [1.29, 1.82) is 0 Å². The van der Waals surface area contributed by atoms with Gasteiger partial charge in [0.15, 0.2) is 0 Å². The number of aromatic amines is 1. The van der Waals surface area contributed by atoms with Crippen LogP contribution in [0.15, 0.2) is 39.5 Å². The van der Waals surface area contributed by atoms with Gasteiger partial charge < -0.3 is 15.2 Å². The van der Waals surface area contributed by atoms with Crippen molar-refractivity contribution in [2.45, 2.75) is 0 Å². The van der Waals surface area contributed by atoms with E-state index in [1.807, 2.05) is 24.4 Å². The zero-order chi connectivity index (χ0) is 11.1. The zero-order valence-electron chi connectivity index (χ0n) is 8.20. The fourth-order valence-corrected chi connectivity index (χ4v) is 2.23.